The first-order valence-corrected chi connectivity index (χ1v) is 6.08. The molecule has 0 fully saturated rings. The van der Waals surface area contributed by atoms with Crippen LogP contribution in [0.2, 0.25) is 0 Å². The van der Waals surface area contributed by atoms with Gasteiger partial charge in [-0.3, -0.25) is 4.68 Å². The number of halogens is 2. The molecule has 0 saturated carbocycles. The number of nitrogens with zero attached hydrogens (tertiary/aromatic N) is 2. The van der Waals surface area contributed by atoms with Gasteiger partial charge in [-0.25, -0.2) is 9.18 Å². The summed E-state index contributed by atoms with van der Waals surface area (Å²) in [5, 5.41) is 13.3. The number of carboxylic acid groups (broad SMARTS) is 1. The van der Waals surface area contributed by atoms with E-state index in [2.05, 4.69) is 21.0 Å². The van der Waals surface area contributed by atoms with Crippen LogP contribution in [0, 0.1) is 5.82 Å². The first kappa shape index (κ1) is 12.8. The molecule has 1 N–H and O–H groups in total. The lowest BCUT2D eigenvalue weighted by molar-refractivity contribution is 0.0697. The fourth-order valence-electron chi connectivity index (χ4n) is 1.62. The van der Waals surface area contributed by atoms with Crippen LogP contribution >= 0.6 is 15.9 Å². The molecule has 4 nitrogen and oxygen atoms in total. The summed E-state index contributed by atoms with van der Waals surface area (Å²) in [4.78, 5) is 11.2. The van der Waals surface area contributed by atoms with Crippen molar-refractivity contribution >= 4 is 21.9 Å². The Morgan fingerprint density at radius 2 is 2.28 bits per heavy atom. The van der Waals surface area contributed by atoms with E-state index in [1.165, 1.54) is 29.1 Å². The van der Waals surface area contributed by atoms with Crippen molar-refractivity contribution < 1.29 is 14.3 Å². The molecule has 0 radical (unpaired) electrons. The fraction of sp³-hybridized carbons (Fsp3) is 0.167. The smallest absolute Gasteiger partial charge is 0.339 e. The van der Waals surface area contributed by atoms with Crippen LogP contribution in [0.15, 0.2) is 28.9 Å². The summed E-state index contributed by atoms with van der Waals surface area (Å²) in [5.41, 5.74) is 0.987. The molecular formula is C12H10BrFN2O2. The molecule has 0 spiro atoms. The molecule has 1 aromatic carbocycles. The van der Waals surface area contributed by atoms with E-state index in [9.17, 15) is 9.18 Å². The number of carboxylic acids is 1. The Balaban J connectivity index is 2.62. The first-order valence-electron chi connectivity index (χ1n) is 5.29. The molecule has 0 atom stereocenters. The largest absolute Gasteiger partial charge is 0.478 e. The molecule has 0 aliphatic carbocycles. The lowest BCUT2D eigenvalue weighted by Crippen LogP contribution is -1.97. The molecule has 6 heteroatoms. The Hall–Kier alpha value is -1.69. The Morgan fingerprint density at radius 3 is 2.83 bits per heavy atom. The van der Waals surface area contributed by atoms with E-state index in [1.807, 2.05) is 6.92 Å². The zero-order valence-electron chi connectivity index (χ0n) is 9.52. The van der Waals surface area contributed by atoms with E-state index in [0.717, 1.165) is 0 Å². The molecule has 2 rings (SSSR count). The number of aromatic nitrogens is 2. The van der Waals surface area contributed by atoms with Crippen LogP contribution in [0.5, 0.6) is 0 Å². The van der Waals surface area contributed by atoms with Gasteiger partial charge in [-0.15, -0.1) is 0 Å². The highest BCUT2D eigenvalue weighted by Gasteiger charge is 2.18. The van der Waals surface area contributed by atoms with E-state index in [-0.39, 0.29) is 5.56 Å². The standard InChI is InChI=1S/C12H10BrFN2O2/c1-2-16-6-9(12(17)18)11(15-16)8-4-3-7(14)5-10(8)13/h3-6H,2H2,1H3,(H,17,18). The topological polar surface area (TPSA) is 55.1 Å². The summed E-state index contributed by atoms with van der Waals surface area (Å²) >= 11 is 3.22. The summed E-state index contributed by atoms with van der Waals surface area (Å²) < 4.78 is 15.0. The van der Waals surface area contributed by atoms with Gasteiger partial charge in [-0.2, -0.15) is 5.10 Å². The van der Waals surface area contributed by atoms with Crippen LogP contribution in [0.1, 0.15) is 17.3 Å². The highest BCUT2D eigenvalue weighted by atomic mass is 79.9. The van der Waals surface area contributed by atoms with Gasteiger partial charge in [0.05, 0.1) is 0 Å². The van der Waals surface area contributed by atoms with Crippen molar-refractivity contribution in [2.75, 3.05) is 0 Å². The van der Waals surface area contributed by atoms with Gasteiger partial charge in [0.1, 0.15) is 17.1 Å². The van der Waals surface area contributed by atoms with Crippen molar-refractivity contribution in [2.24, 2.45) is 0 Å². The summed E-state index contributed by atoms with van der Waals surface area (Å²) in [6.07, 6.45) is 1.47. The van der Waals surface area contributed by atoms with Gasteiger partial charge >= 0.3 is 5.97 Å². The van der Waals surface area contributed by atoms with E-state index >= 15 is 0 Å². The molecule has 18 heavy (non-hydrogen) atoms. The first-order chi connectivity index (χ1) is 8.52. The van der Waals surface area contributed by atoms with Crippen molar-refractivity contribution in [1.29, 1.82) is 0 Å². The van der Waals surface area contributed by atoms with Crippen molar-refractivity contribution in [1.82, 2.24) is 9.78 Å². The van der Waals surface area contributed by atoms with Gasteiger partial charge in [-0.1, -0.05) is 0 Å². The number of aryl methyl sites for hydroxylation is 1. The second-order valence-corrected chi connectivity index (χ2v) is 4.53. The van der Waals surface area contributed by atoms with Crippen LogP contribution in [0.4, 0.5) is 4.39 Å². The average molecular weight is 313 g/mol. The van der Waals surface area contributed by atoms with E-state index in [4.69, 9.17) is 5.11 Å². The highest BCUT2D eigenvalue weighted by Crippen LogP contribution is 2.30. The Kier molecular flexibility index (Phi) is 3.47. The lowest BCUT2D eigenvalue weighted by Gasteiger charge is -2.02. The predicted octanol–water partition coefficient (Wildman–Crippen LogP) is 3.17. The van der Waals surface area contributed by atoms with Gasteiger partial charge < -0.3 is 5.11 Å². The van der Waals surface area contributed by atoms with Gasteiger partial charge in [0.25, 0.3) is 0 Å². The average Bonchev–Trinajstić information content (AvgIpc) is 2.73. The molecule has 0 aliphatic rings. The summed E-state index contributed by atoms with van der Waals surface area (Å²) in [6, 6.07) is 4.07. The maximum absolute atomic E-state index is 13.0. The molecule has 0 amide bonds. The highest BCUT2D eigenvalue weighted by molar-refractivity contribution is 9.10. The maximum atomic E-state index is 13.0. The number of aromatic carboxylic acids is 1. The van der Waals surface area contributed by atoms with Gasteiger partial charge in [-0.05, 0) is 41.1 Å². The quantitative estimate of drug-likeness (QED) is 0.947. The Morgan fingerprint density at radius 1 is 1.56 bits per heavy atom. The lowest BCUT2D eigenvalue weighted by atomic mass is 10.1. The summed E-state index contributed by atoms with van der Waals surface area (Å²) in [5.74, 6) is -1.45. The van der Waals surface area contributed by atoms with Gasteiger partial charge in [0.15, 0.2) is 0 Å². The molecule has 94 valence electrons. The third kappa shape index (κ3) is 2.28. The van der Waals surface area contributed by atoms with Gasteiger partial charge in [0, 0.05) is 22.8 Å². The fourth-order valence-corrected chi connectivity index (χ4v) is 2.16. The Bertz CT molecular complexity index is 610. The molecule has 0 aliphatic heterocycles. The Labute approximate surface area is 111 Å². The van der Waals surface area contributed by atoms with Crippen molar-refractivity contribution in [3.8, 4) is 11.3 Å². The molecule has 1 aromatic heterocycles. The summed E-state index contributed by atoms with van der Waals surface area (Å²) in [6.45, 7) is 2.43. The molecule has 0 saturated heterocycles. The molecule has 0 unspecified atom stereocenters. The molecule has 2 aromatic rings. The SMILES string of the molecule is CCn1cc(C(=O)O)c(-c2ccc(F)cc2Br)n1. The van der Waals surface area contributed by atoms with Crippen molar-refractivity contribution in [2.45, 2.75) is 13.5 Å². The second kappa shape index (κ2) is 4.89. The number of rotatable bonds is 3. The van der Waals surface area contributed by atoms with Crippen LogP contribution in [0.3, 0.4) is 0 Å². The van der Waals surface area contributed by atoms with E-state index in [1.54, 1.807) is 0 Å². The minimum atomic E-state index is -1.05. The number of carbonyl (C=O) groups is 1. The number of hydrogen-bond donors (Lipinski definition) is 1. The predicted molar refractivity (Wildman–Crippen MR) is 68.0 cm³/mol. The third-order valence-corrected chi connectivity index (χ3v) is 3.16. The minimum Gasteiger partial charge on any atom is -0.478 e. The summed E-state index contributed by atoms with van der Waals surface area (Å²) in [7, 11) is 0. The minimum absolute atomic E-state index is 0.101. The van der Waals surface area contributed by atoms with E-state index < -0.39 is 11.8 Å². The normalized spacial score (nSPS) is 10.6. The molecular weight excluding hydrogens is 303 g/mol. The molecule has 0 bridgehead atoms. The maximum Gasteiger partial charge on any atom is 0.339 e. The van der Waals surface area contributed by atoms with Crippen LogP contribution in [0.25, 0.3) is 11.3 Å². The van der Waals surface area contributed by atoms with Crippen LogP contribution in [-0.2, 0) is 6.54 Å². The third-order valence-electron chi connectivity index (χ3n) is 2.50. The van der Waals surface area contributed by atoms with Gasteiger partial charge in [0.2, 0.25) is 0 Å². The zero-order valence-corrected chi connectivity index (χ0v) is 11.1. The molecule has 1 heterocycles. The number of benzene rings is 1. The monoisotopic (exact) mass is 312 g/mol. The second-order valence-electron chi connectivity index (χ2n) is 3.68. The number of hydrogen-bond acceptors (Lipinski definition) is 2. The van der Waals surface area contributed by atoms with E-state index in [0.29, 0.717) is 22.3 Å². The van der Waals surface area contributed by atoms with Crippen LogP contribution in [-0.4, -0.2) is 20.9 Å². The zero-order chi connectivity index (χ0) is 13.3. The van der Waals surface area contributed by atoms with Crippen molar-refractivity contribution in [3.05, 3.63) is 40.2 Å². The van der Waals surface area contributed by atoms with Crippen molar-refractivity contribution in [3.63, 3.8) is 0 Å². The van der Waals surface area contributed by atoms with Crippen LogP contribution < -0.4 is 0 Å².